The summed E-state index contributed by atoms with van der Waals surface area (Å²) >= 11 is 12.7. The van der Waals surface area contributed by atoms with Crippen LogP contribution >= 0.6 is 43.5 Å². The van der Waals surface area contributed by atoms with Gasteiger partial charge in [-0.2, -0.15) is 5.26 Å². The van der Waals surface area contributed by atoms with Crippen LogP contribution in [0.2, 0.25) is 5.02 Å². The third kappa shape index (κ3) is 5.37. The highest BCUT2D eigenvalue weighted by atomic mass is 79.9. The van der Waals surface area contributed by atoms with Crippen molar-refractivity contribution < 1.29 is 9.53 Å². The molecular formula is C19H11Br2ClN2O2. The molecule has 4 nitrogen and oxygen atoms in total. The molecule has 0 radical (unpaired) electrons. The lowest BCUT2D eigenvalue weighted by atomic mass is 10.1. The van der Waals surface area contributed by atoms with Gasteiger partial charge >= 0.3 is 0 Å². The third-order valence-corrected chi connectivity index (χ3v) is 4.37. The second-order valence-corrected chi connectivity index (χ2v) is 7.14. The predicted molar refractivity (Wildman–Crippen MR) is 110 cm³/mol. The van der Waals surface area contributed by atoms with Crippen molar-refractivity contribution in [2.24, 2.45) is 0 Å². The first-order valence-electron chi connectivity index (χ1n) is 7.18. The van der Waals surface area contributed by atoms with E-state index in [-0.39, 0.29) is 12.2 Å². The molecular weight excluding hydrogens is 483 g/mol. The molecule has 130 valence electrons. The lowest BCUT2D eigenvalue weighted by Gasteiger charge is -2.11. The number of hydrogen-bond donors (Lipinski definition) is 1. The molecule has 7 heteroatoms. The highest BCUT2D eigenvalue weighted by Gasteiger charge is 2.14. The van der Waals surface area contributed by atoms with Gasteiger partial charge in [0.25, 0.3) is 5.91 Å². The maximum atomic E-state index is 12.4. The molecule has 0 aliphatic heterocycles. The van der Waals surface area contributed by atoms with Crippen LogP contribution < -0.4 is 10.1 Å². The van der Waals surface area contributed by atoms with Gasteiger partial charge in [-0.3, -0.25) is 4.79 Å². The van der Waals surface area contributed by atoms with Gasteiger partial charge in [-0.25, -0.2) is 0 Å². The van der Waals surface area contributed by atoms with Gasteiger partial charge in [-0.1, -0.05) is 39.5 Å². The lowest BCUT2D eigenvalue weighted by Crippen LogP contribution is -2.13. The molecule has 2 aromatic rings. The summed E-state index contributed by atoms with van der Waals surface area (Å²) in [6, 6.07) is 12.1. The van der Waals surface area contributed by atoms with Crippen molar-refractivity contribution in [1.29, 1.82) is 5.26 Å². The molecule has 0 atom stereocenters. The van der Waals surface area contributed by atoms with E-state index in [1.54, 1.807) is 36.4 Å². The number of nitriles is 1. The molecule has 0 aliphatic carbocycles. The minimum absolute atomic E-state index is 0.0532. The summed E-state index contributed by atoms with van der Waals surface area (Å²) in [4.78, 5) is 12.4. The highest BCUT2D eigenvalue weighted by Crippen LogP contribution is 2.34. The van der Waals surface area contributed by atoms with E-state index in [4.69, 9.17) is 22.8 Å². The van der Waals surface area contributed by atoms with Crippen molar-refractivity contribution in [2.75, 3.05) is 11.9 Å². The molecule has 1 N–H and O–H groups in total. The van der Waals surface area contributed by atoms with Crippen LogP contribution in [0.3, 0.4) is 0 Å². The number of nitrogens with zero attached hydrogens (tertiary/aromatic N) is 1. The van der Waals surface area contributed by atoms with E-state index in [1.807, 2.05) is 6.07 Å². The first-order chi connectivity index (χ1) is 12.4. The van der Waals surface area contributed by atoms with Crippen LogP contribution in [0.15, 0.2) is 50.9 Å². The number of nitrogens with one attached hydrogen (secondary N) is 1. The number of carbonyl (C=O) groups is 1. The van der Waals surface area contributed by atoms with Crippen molar-refractivity contribution >= 4 is 61.1 Å². The molecule has 0 saturated heterocycles. The zero-order valence-electron chi connectivity index (χ0n) is 13.2. The van der Waals surface area contributed by atoms with Gasteiger partial charge in [0.1, 0.15) is 24.0 Å². The number of carbonyl (C=O) groups excluding carboxylic acids is 1. The Labute approximate surface area is 173 Å². The van der Waals surface area contributed by atoms with Crippen molar-refractivity contribution in [3.63, 3.8) is 0 Å². The van der Waals surface area contributed by atoms with E-state index >= 15 is 0 Å². The Morgan fingerprint density at radius 3 is 2.77 bits per heavy atom. The van der Waals surface area contributed by atoms with Crippen molar-refractivity contribution in [3.05, 3.63) is 61.5 Å². The molecule has 2 aromatic carbocycles. The second-order valence-electron chi connectivity index (χ2n) is 4.93. The molecule has 2 rings (SSSR count). The SMILES string of the molecule is C#CCOc1c(Br)cc(Br)cc1/C=C(\C#N)C(=O)Nc1cccc(Cl)c1. The topological polar surface area (TPSA) is 62.1 Å². The van der Waals surface area contributed by atoms with Gasteiger partial charge in [0.05, 0.1) is 4.47 Å². The number of rotatable bonds is 5. The maximum absolute atomic E-state index is 12.4. The zero-order chi connectivity index (χ0) is 19.1. The quantitative estimate of drug-likeness (QED) is 0.343. The molecule has 0 fully saturated rings. The Balaban J connectivity index is 2.37. The van der Waals surface area contributed by atoms with Crippen molar-refractivity contribution in [3.8, 4) is 24.2 Å². The minimum atomic E-state index is -0.561. The second kappa shape index (κ2) is 9.45. The van der Waals surface area contributed by atoms with E-state index in [0.29, 0.717) is 26.5 Å². The van der Waals surface area contributed by atoms with Gasteiger partial charge in [0.15, 0.2) is 0 Å². The van der Waals surface area contributed by atoms with Crippen LogP contribution in [-0.4, -0.2) is 12.5 Å². The summed E-state index contributed by atoms with van der Waals surface area (Å²) in [6.45, 7) is 0.0532. The molecule has 0 bridgehead atoms. The summed E-state index contributed by atoms with van der Waals surface area (Å²) in [5, 5.41) is 12.5. The normalized spacial score (nSPS) is 10.6. The number of hydrogen-bond acceptors (Lipinski definition) is 3. The van der Waals surface area contributed by atoms with Gasteiger partial charge in [-0.05, 0) is 52.3 Å². The fourth-order valence-corrected chi connectivity index (χ4v) is 3.59. The summed E-state index contributed by atoms with van der Waals surface area (Å²) in [5.41, 5.74) is 0.919. The monoisotopic (exact) mass is 492 g/mol. The first-order valence-corrected chi connectivity index (χ1v) is 9.15. The van der Waals surface area contributed by atoms with Crippen LogP contribution in [0, 0.1) is 23.7 Å². The fourth-order valence-electron chi connectivity index (χ4n) is 2.02. The summed E-state index contributed by atoms with van der Waals surface area (Å²) in [6.07, 6.45) is 6.67. The molecule has 0 heterocycles. The van der Waals surface area contributed by atoms with Gasteiger partial charge in [-0.15, -0.1) is 6.42 Å². The summed E-state index contributed by atoms with van der Waals surface area (Å²) < 4.78 is 6.91. The molecule has 0 unspecified atom stereocenters. The van der Waals surface area contributed by atoms with Crippen molar-refractivity contribution in [1.82, 2.24) is 0 Å². The van der Waals surface area contributed by atoms with Gasteiger partial charge in [0.2, 0.25) is 0 Å². The number of halogens is 3. The summed E-state index contributed by atoms with van der Waals surface area (Å²) in [7, 11) is 0. The smallest absolute Gasteiger partial charge is 0.266 e. The Kier molecular flexibility index (Phi) is 7.29. The lowest BCUT2D eigenvalue weighted by molar-refractivity contribution is -0.112. The Morgan fingerprint density at radius 1 is 1.35 bits per heavy atom. The van der Waals surface area contributed by atoms with E-state index in [9.17, 15) is 10.1 Å². The average molecular weight is 495 g/mol. The fraction of sp³-hybridized carbons (Fsp3) is 0.0526. The number of ether oxygens (including phenoxy) is 1. The van der Waals surface area contributed by atoms with E-state index in [0.717, 1.165) is 4.47 Å². The standard InChI is InChI=1S/C19H11Br2ClN2O2/c1-2-6-26-18-12(8-14(20)9-17(18)21)7-13(11-23)19(25)24-16-5-3-4-15(22)10-16/h1,3-5,7-10H,6H2,(H,24,25)/b13-7+. The minimum Gasteiger partial charge on any atom is -0.479 e. The van der Waals surface area contributed by atoms with Crippen LogP contribution in [0.1, 0.15) is 5.56 Å². The van der Waals surface area contributed by atoms with E-state index in [1.165, 1.54) is 6.08 Å². The van der Waals surface area contributed by atoms with Crippen LogP contribution in [-0.2, 0) is 4.79 Å². The number of benzene rings is 2. The zero-order valence-corrected chi connectivity index (χ0v) is 17.2. The Bertz CT molecular complexity index is 959. The van der Waals surface area contributed by atoms with Gasteiger partial charge in [0, 0.05) is 20.7 Å². The molecule has 0 aromatic heterocycles. The molecule has 0 aliphatic rings. The number of terminal acetylenes is 1. The average Bonchev–Trinajstić information content (AvgIpc) is 2.58. The van der Waals surface area contributed by atoms with E-state index in [2.05, 4.69) is 43.1 Å². The predicted octanol–water partition coefficient (Wildman–Crippen LogP) is 5.42. The maximum Gasteiger partial charge on any atom is 0.266 e. The Morgan fingerprint density at radius 2 is 2.12 bits per heavy atom. The first kappa shape index (κ1) is 20.1. The van der Waals surface area contributed by atoms with Crippen LogP contribution in [0.5, 0.6) is 5.75 Å². The largest absolute Gasteiger partial charge is 0.479 e. The molecule has 0 saturated carbocycles. The van der Waals surface area contributed by atoms with E-state index < -0.39 is 5.91 Å². The van der Waals surface area contributed by atoms with Crippen LogP contribution in [0.4, 0.5) is 5.69 Å². The molecule has 0 spiro atoms. The summed E-state index contributed by atoms with van der Waals surface area (Å²) in [5.74, 6) is 2.26. The highest BCUT2D eigenvalue weighted by molar-refractivity contribution is 9.11. The Hall–Kier alpha value is -2.25. The van der Waals surface area contributed by atoms with Gasteiger partial charge < -0.3 is 10.1 Å². The molecule has 1 amide bonds. The molecule has 26 heavy (non-hydrogen) atoms. The number of amides is 1. The third-order valence-electron chi connectivity index (χ3n) is 3.08. The van der Waals surface area contributed by atoms with Crippen LogP contribution in [0.25, 0.3) is 6.08 Å². The van der Waals surface area contributed by atoms with Crippen molar-refractivity contribution in [2.45, 2.75) is 0 Å². The number of anilines is 1.